The van der Waals surface area contributed by atoms with Crippen LogP contribution in [0.15, 0.2) is 6.20 Å². The summed E-state index contributed by atoms with van der Waals surface area (Å²) in [5.41, 5.74) is 1.59. The van der Waals surface area contributed by atoms with Crippen LogP contribution in [-0.4, -0.2) is 21.0 Å². The van der Waals surface area contributed by atoms with Crippen LogP contribution in [0, 0.1) is 5.41 Å². The summed E-state index contributed by atoms with van der Waals surface area (Å²) in [4.78, 5) is 0. The summed E-state index contributed by atoms with van der Waals surface area (Å²) in [5, 5.41) is 11.4. The summed E-state index contributed by atoms with van der Waals surface area (Å²) >= 11 is 0. The maximum atomic E-state index is 3.92. The molecule has 4 heteroatoms. The molecule has 0 aromatic carbocycles. The first kappa shape index (κ1) is 10.6. The zero-order chi connectivity index (χ0) is 10.9. The van der Waals surface area contributed by atoms with Crippen LogP contribution in [0.25, 0.3) is 0 Å². The summed E-state index contributed by atoms with van der Waals surface area (Å²) in [7, 11) is 1.93. The zero-order valence-electron chi connectivity index (χ0n) is 9.82. The van der Waals surface area contributed by atoms with Gasteiger partial charge in [-0.2, -0.15) is 0 Å². The van der Waals surface area contributed by atoms with E-state index in [2.05, 4.69) is 29.5 Å². The summed E-state index contributed by atoms with van der Waals surface area (Å²) in [6.45, 7) is 5.57. The number of rotatable bonds is 3. The standard InChI is InChI=1S/C11H20N4/c1-11(2)6-4-5-10(11)12-7-9-8-13-14-15(9)3/h8,10,12H,4-7H2,1-3H3. The van der Waals surface area contributed by atoms with Crippen LogP contribution >= 0.6 is 0 Å². The Morgan fingerprint density at radius 3 is 2.93 bits per heavy atom. The van der Waals surface area contributed by atoms with Gasteiger partial charge in [0.25, 0.3) is 0 Å². The Bertz CT molecular complexity index is 329. The fourth-order valence-corrected chi connectivity index (χ4v) is 2.40. The fourth-order valence-electron chi connectivity index (χ4n) is 2.40. The van der Waals surface area contributed by atoms with E-state index >= 15 is 0 Å². The fraction of sp³-hybridized carbons (Fsp3) is 0.818. The summed E-state index contributed by atoms with van der Waals surface area (Å²) in [5.74, 6) is 0. The molecule has 0 spiro atoms. The van der Waals surface area contributed by atoms with Gasteiger partial charge in [-0.15, -0.1) is 5.10 Å². The quantitative estimate of drug-likeness (QED) is 0.818. The molecule has 1 aromatic heterocycles. The van der Waals surface area contributed by atoms with E-state index in [9.17, 15) is 0 Å². The Labute approximate surface area is 91.1 Å². The number of aromatic nitrogens is 3. The third-order valence-corrected chi connectivity index (χ3v) is 3.60. The molecule has 0 bridgehead atoms. The van der Waals surface area contributed by atoms with E-state index in [-0.39, 0.29) is 0 Å². The molecule has 1 fully saturated rings. The average molecular weight is 208 g/mol. The van der Waals surface area contributed by atoms with Gasteiger partial charge in [-0.1, -0.05) is 25.5 Å². The summed E-state index contributed by atoms with van der Waals surface area (Å²) in [6.07, 6.45) is 5.79. The molecule has 4 nitrogen and oxygen atoms in total. The third kappa shape index (κ3) is 2.20. The van der Waals surface area contributed by atoms with Gasteiger partial charge < -0.3 is 5.32 Å². The molecule has 1 heterocycles. The lowest BCUT2D eigenvalue weighted by Gasteiger charge is -2.27. The highest BCUT2D eigenvalue weighted by molar-refractivity contribution is 4.96. The van der Waals surface area contributed by atoms with E-state index in [0.717, 1.165) is 12.2 Å². The van der Waals surface area contributed by atoms with Gasteiger partial charge in [-0.3, -0.25) is 4.68 Å². The highest BCUT2D eigenvalue weighted by Gasteiger charge is 2.33. The van der Waals surface area contributed by atoms with Gasteiger partial charge in [0, 0.05) is 19.6 Å². The third-order valence-electron chi connectivity index (χ3n) is 3.60. The topological polar surface area (TPSA) is 42.7 Å². The van der Waals surface area contributed by atoms with Gasteiger partial charge in [0.1, 0.15) is 0 Å². The van der Waals surface area contributed by atoms with Gasteiger partial charge in [0.15, 0.2) is 0 Å². The van der Waals surface area contributed by atoms with Gasteiger partial charge in [0.05, 0.1) is 11.9 Å². The number of nitrogens with zero attached hydrogens (tertiary/aromatic N) is 3. The highest BCUT2D eigenvalue weighted by atomic mass is 15.4. The minimum Gasteiger partial charge on any atom is -0.308 e. The number of aryl methyl sites for hydroxylation is 1. The Morgan fingerprint density at radius 1 is 1.60 bits per heavy atom. The molecule has 2 rings (SSSR count). The lowest BCUT2D eigenvalue weighted by Crippen LogP contribution is -2.37. The Hall–Kier alpha value is -0.900. The smallest absolute Gasteiger partial charge is 0.0738 e. The minimum absolute atomic E-state index is 0.437. The van der Waals surface area contributed by atoms with Crippen molar-refractivity contribution in [2.45, 2.75) is 45.7 Å². The molecule has 1 saturated carbocycles. The molecule has 0 radical (unpaired) electrons. The summed E-state index contributed by atoms with van der Waals surface area (Å²) in [6, 6.07) is 0.632. The molecule has 15 heavy (non-hydrogen) atoms. The molecule has 1 aliphatic carbocycles. The zero-order valence-corrected chi connectivity index (χ0v) is 9.82. The Morgan fingerprint density at radius 2 is 2.40 bits per heavy atom. The molecule has 1 aromatic rings. The first-order chi connectivity index (χ1) is 7.09. The van der Waals surface area contributed by atoms with Crippen LogP contribution in [0.5, 0.6) is 0 Å². The maximum Gasteiger partial charge on any atom is 0.0738 e. The second kappa shape index (κ2) is 3.93. The molecule has 1 aliphatic rings. The van der Waals surface area contributed by atoms with E-state index in [4.69, 9.17) is 0 Å². The Balaban J connectivity index is 1.91. The van der Waals surface area contributed by atoms with E-state index in [1.165, 1.54) is 19.3 Å². The van der Waals surface area contributed by atoms with Crippen LogP contribution in [0.2, 0.25) is 0 Å². The maximum absolute atomic E-state index is 3.92. The molecule has 1 unspecified atom stereocenters. The minimum atomic E-state index is 0.437. The second-order valence-corrected chi connectivity index (χ2v) is 5.16. The van der Waals surface area contributed by atoms with Crippen molar-refractivity contribution in [3.8, 4) is 0 Å². The second-order valence-electron chi connectivity index (χ2n) is 5.16. The monoisotopic (exact) mass is 208 g/mol. The molecule has 0 aliphatic heterocycles. The first-order valence-electron chi connectivity index (χ1n) is 5.66. The molecule has 0 amide bonds. The van der Waals surface area contributed by atoms with Crippen molar-refractivity contribution in [2.75, 3.05) is 0 Å². The molecule has 84 valence electrons. The van der Waals surface area contributed by atoms with Gasteiger partial charge in [0.2, 0.25) is 0 Å². The van der Waals surface area contributed by atoms with Crippen LogP contribution < -0.4 is 5.32 Å². The molecular formula is C11H20N4. The van der Waals surface area contributed by atoms with Gasteiger partial charge >= 0.3 is 0 Å². The normalized spacial score (nSPS) is 24.6. The van der Waals surface area contributed by atoms with Crippen molar-refractivity contribution >= 4 is 0 Å². The van der Waals surface area contributed by atoms with Crippen LogP contribution in [0.1, 0.15) is 38.8 Å². The first-order valence-corrected chi connectivity index (χ1v) is 5.66. The predicted molar refractivity (Wildman–Crippen MR) is 59.3 cm³/mol. The van der Waals surface area contributed by atoms with Crippen molar-refractivity contribution in [3.05, 3.63) is 11.9 Å². The largest absolute Gasteiger partial charge is 0.308 e. The summed E-state index contributed by atoms with van der Waals surface area (Å²) < 4.78 is 1.83. The average Bonchev–Trinajstić information content (AvgIpc) is 2.69. The predicted octanol–water partition coefficient (Wildman–Crippen LogP) is 1.48. The van der Waals surface area contributed by atoms with Crippen molar-refractivity contribution in [1.82, 2.24) is 20.3 Å². The van der Waals surface area contributed by atoms with Crippen molar-refractivity contribution in [3.63, 3.8) is 0 Å². The van der Waals surface area contributed by atoms with Crippen LogP contribution in [-0.2, 0) is 13.6 Å². The van der Waals surface area contributed by atoms with Gasteiger partial charge in [-0.25, -0.2) is 0 Å². The van der Waals surface area contributed by atoms with Crippen LogP contribution in [0.3, 0.4) is 0 Å². The number of hydrogen-bond donors (Lipinski definition) is 1. The highest BCUT2D eigenvalue weighted by Crippen LogP contribution is 2.37. The number of nitrogens with one attached hydrogen (secondary N) is 1. The van der Waals surface area contributed by atoms with E-state index in [1.54, 1.807) is 0 Å². The Kier molecular flexibility index (Phi) is 2.78. The van der Waals surface area contributed by atoms with E-state index in [0.29, 0.717) is 11.5 Å². The lowest BCUT2D eigenvalue weighted by molar-refractivity contribution is 0.280. The van der Waals surface area contributed by atoms with Crippen molar-refractivity contribution in [2.24, 2.45) is 12.5 Å². The van der Waals surface area contributed by atoms with E-state index < -0.39 is 0 Å². The van der Waals surface area contributed by atoms with E-state index in [1.807, 2.05) is 17.9 Å². The molecule has 0 saturated heterocycles. The van der Waals surface area contributed by atoms with Gasteiger partial charge in [-0.05, 0) is 18.3 Å². The molecular weight excluding hydrogens is 188 g/mol. The van der Waals surface area contributed by atoms with Crippen molar-refractivity contribution in [1.29, 1.82) is 0 Å². The number of hydrogen-bond acceptors (Lipinski definition) is 3. The van der Waals surface area contributed by atoms with Crippen molar-refractivity contribution < 1.29 is 0 Å². The van der Waals surface area contributed by atoms with Crippen LogP contribution in [0.4, 0.5) is 0 Å². The SMILES string of the molecule is Cn1nncc1CNC1CCCC1(C)C. The lowest BCUT2D eigenvalue weighted by atomic mass is 9.87. The molecule has 1 atom stereocenters. The molecule has 1 N–H and O–H groups in total.